The number of H-pyrrole nitrogens is 1. The van der Waals surface area contributed by atoms with Crippen LogP contribution in [0.3, 0.4) is 0 Å². The van der Waals surface area contributed by atoms with Gasteiger partial charge in [-0.2, -0.15) is 20.5 Å². The molecular formula is C17H18N6O. The lowest BCUT2D eigenvalue weighted by Crippen LogP contribution is -2.33. The zero-order valence-corrected chi connectivity index (χ0v) is 13.4. The molecule has 122 valence electrons. The van der Waals surface area contributed by atoms with E-state index in [1.807, 2.05) is 34.8 Å². The van der Waals surface area contributed by atoms with Crippen molar-refractivity contribution in [1.29, 1.82) is 0 Å². The van der Waals surface area contributed by atoms with Crippen LogP contribution in [-0.4, -0.2) is 49.1 Å². The van der Waals surface area contributed by atoms with Crippen LogP contribution in [0.4, 0.5) is 0 Å². The normalized spacial score (nSPS) is 14.3. The first-order chi connectivity index (χ1) is 11.7. The van der Waals surface area contributed by atoms with Crippen molar-refractivity contribution in [2.45, 2.75) is 12.8 Å². The molecule has 1 aliphatic rings. The highest BCUT2D eigenvalue weighted by Crippen LogP contribution is 2.28. The van der Waals surface area contributed by atoms with Gasteiger partial charge in [0.05, 0.1) is 11.9 Å². The van der Waals surface area contributed by atoms with Gasteiger partial charge in [-0.3, -0.25) is 9.48 Å². The predicted molar refractivity (Wildman–Crippen MR) is 88.3 cm³/mol. The van der Waals surface area contributed by atoms with E-state index in [2.05, 4.69) is 27.5 Å². The van der Waals surface area contributed by atoms with E-state index in [0.29, 0.717) is 18.8 Å². The first-order valence-corrected chi connectivity index (χ1v) is 7.99. The van der Waals surface area contributed by atoms with Crippen molar-refractivity contribution < 1.29 is 4.79 Å². The number of benzene rings is 1. The van der Waals surface area contributed by atoms with Crippen LogP contribution in [0.2, 0.25) is 0 Å². The summed E-state index contributed by atoms with van der Waals surface area (Å²) in [5.41, 5.74) is 4.93. The smallest absolute Gasteiger partial charge is 0.276 e. The minimum absolute atomic E-state index is 0.0780. The Morgan fingerprint density at radius 2 is 1.96 bits per heavy atom. The maximum atomic E-state index is 12.5. The number of amides is 1. The van der Waals surface area contributed by atoms with Gasteiger partial charge in [0.25, 0.3) is 5.91 Å². The van der Waals surface area contributed by atoms with Crippen molar-refractivity contribution in [3.63, 3.8) is 0 Å². The first kappa shape index (κ1) is 14.6. The van der Waals surface area contributed by atoms with Gasteiger partial charge in [0, 0.05) is 43.4 Å². The lowest BCUT2D eigenvalue weighted by molar-refractivity contribution is 0.0756. The van der Waals surface area contributed by atoms with Gasteiger partial charge in [-0.25, -0.2) is 0 Å². The van der Waals surface area contributed by atoms with Gasteiger partial charge < -0.3 is 4.90 Å². The maximum absolute atomic E-state index is 12.5. The maximum Gasteiger partial charge on any atom is 0.276 e. The van der Waals surface area contributed by atoms with Gasteiger partial charge in [-0.1, -0.05) is 30.3 Å². The van der Waals surface area contributed by atoms with Crippen molar-refractivity contribution in [3.8, 4) is 11.3 Å². The summed E-state index contributed by atoms with van der Waals surface area (Å²) in [6, 6.07) is 10.2. The third kappa shape index (κ3) is 2.47. The Balaban J connectivity index is 1.63. The van der Waals surface area contributed by atoms with Crippen molar-refractivity contribution in [1.82, 2.24) is 30.1 Å². The molecule has 2 aromatic heterocycles. The van der Waals surface area contributed by atoms with Crippen LogP contribution >= 0.6 is 0 Å². The van der Waals surface area contributed by atoms with Crippen molar-refractivity contribution in [2.75, 3.05) is 13.1 Å². The topological polar surface area (TPSA) is 79.7 Å². The summed E-state index contributed by atoms with van der Waals surface area (Å²) in [4.78, 5) is 14.3. The van der Waals surface area contributed by atoms with E-state index in [-0.39, 0.29) is 5.91 Å². The van der Waals surface area contributed by atoms with Gasteiger partial charge in [-0.15, -0.1) is 0 Å². The summed E-state index contributed by atoms with van der Waals surface area (Å²) < 4.78 is 1.95. The molecule has 1 amide bonds. The largest absolute Gasteiger partial charge is 0.336 e. The molecule has 0 spiro atoms. The van der Waals surface area contributed by atoms with Gasteiger partial charge in [0.2, 0.25) is 0 Å². The lowest BCUT2D eigenvalue weighted by Gasteiger charge is -2.18. The summed E-state index contributed by atoms with van der Waals surface area (Å²) in [6.07, 6.45) is 3.05. The molecule has 3 aromatic rings. The molecule has 0 fully saturated rings. The van der Waals surface area contributed by atoms with E-state index >= 15 is 0 Å². The first-order valence-electron chi connectivity index (χ1n) is 7.99. The Hall–Kier alpha value is -2.96. The standard InChI is InChI=1S/C17H18N6O/c1-22-15-8-10-23(17(24)14-11-18-21-19-14)9-7-13(15)16(20-22)12-5-3-2-4-6-12/h2-6,11H,7-10H2,1H3,(H,18,19,21). The minimum Gasteiger partial charge on any atom is -0.336 e. The molecule has 3 heterocycles. The summed E-state index contributed by atoms with van der Waals surface area (Å²) in [7, 11) is 1.97. The van der Waals surface area contributed by atoms with Crippen LogP contribution in [0.25, 0.3) is 11.3 Å². The third-order valence-corrected chi connectivity index (χ3v) is 4.49. The van der Waals surface area contributed by atoms with E-state index in [1.165, 1.54) is 17.5 Å². The molecule has 1 aliphatic heterocycles. The number of carbonyl (C=O) groups excluding carboxylic acids is 1. The van der Waals surface area contributed by atoms with Gasteiger partial charge >= 0.3 is 0 Å². The number of carbonyl (C=O) groups is 1. The monoisotopic (exact) mass is 322 g/mol. The van der Waals surface area contributed by atoms with Crippen molar-refractivity contribution >= 4 is 5.91 Å². The number of aromatic nitrogens is 5. The number of aromatic amines is 1. The zero-order chi connectivity index (χ0) is 16.5. The summed E-state index contributed by atoms with van der Waals surface area (Å²) in [5, 5.41) is 14.8. The van der Waals surface area contributed by atoms with E-state index in [0.717, 1.165) is 24.1 Å². The van der Waals surface area contributed by atoms with E-state index in [4.69, 9.17) is 5.10 Å². The second-order valence-electron chi connectivity index (χ2n) is 5.91. The minimum atomic E-state index is -0.0780. The molecule has 4 rings (SSSR count). The molecule has 1 aromatic carbocycles. The Kier molecular flexibility index (Phi) is 3.60. The number of aryl methyl sites for hydroxylation is 1. The van der Waals surface area contributed by atoms with Gasteiger partial charge in [0.1, 0.15) is 0 Å². The van der Waals surface area contributed by atoms with Crippen LogP contribution in [0, 0.1) is 0 Å². The average Bonchev–Trinajstić information content (AvgIpc) is 3.18. The molecule has 0 bridgehead atoms. The Labute approximate surface area is 139 Å². The van der Waals surface area contributed by atoms with Gasteiger partial charge in [-0.05, 0) is 6.42 Å². The molecule has 0 atom stereocenters. The Morgan fingerprint density at radius 1 is 1.17 bits per heavy atom. The number of fused-ring (bicyclic) bond motifs is 1. The fraction of sp³-hybridized carbons (Fsp3) is 0.294. The molecule has 1 N–H and O–H groups in total. The van der Waals surface area contributed by atoms with E-state index in [9.17, 15) is 4.79 Å². The van der Waals surface area contributed by atoms with Crippen molar-refractivity contribution in [3.05, 3.63) is 53.5 Å². The number of hydrogen-bond donors (Lipinski definition) is 1. The quantitative estimate of drug-likeness (QED) is 0.774. The van der Waals surface area contributed by atoms with E-state index in [1.54, 1.807) is 0 Å². The summed E-state index contributed by atoms with van der Waals surface area (Å²) >= 11 is 0. The summed E-state index contributed by atoms with van der Waals surface area (Å²) in [6.45, 7) is 1.32. The fourth-order valence-corrected chi connectivity index (χ4v) is 3.28. The zero-order valence-electron chi connectivity index (χ0n) is 13.4. The molecule has 24 heavy (non-hydrogen) atoms. The highest BCUT2D eigenvalue weighted by molar-refractivity contribution is 5.92. The van der Waals surface area contributed by atoms with Crippen molar-refractivity contribution in [2.24, 2.45) is 7.05 Å². The van der Waals surface area contributed by atoms with Crippen LogP contribution in [0.15, 0.2) is 36.5 Å². The number of rotatable bonds is 2. The molecule has 0 radical (unpaired) electrons. The summed E-state index contributed by atoms with van der Waals surface area (Å²) in [5.74, 6) is -0.0780. The second kappa shape index (κ2) is 5.92. The predicted octanol–water partition coefficient (Wildman–Crippen LogP) is 1.45. The molecular weight excluding hydrogens is 304 g/mol. The molecule has 7 nitrogen and oxygen atoms in total. The number of nitrogens with zero attached hydrogens (tertiary/aromatic N) is 5. The van der Waals surface area contributed by atoms with Crippen LogP contribution in [0.5, 0.6) is 0 Å². The SMILES string of the molecule is Cn1nc(-c2ccccc2)c2c1CCN(C(=O)c1cn[nH]n1)CC2. The average molecular weight is 322 g/mol. The Bertz CT molecular complexity index is 853. The van der Waals surface area contributed by atoms with Crippen LogP contribution in [-0.2, 0) is 19.9 Å². The van der Waals surface area contributed by atoms with Crippen LogP contribution in [0.1, 0.15) is 21.7 Å². The second-order valence-corrected chi connectivity index (χ2v) is 5.91. The highest BCUT2D eigenvalue weighted by Gasteiger charge is 2.25. The number of hydrogen-bond acceptors (Lipinski definition) is 4. The molecule has 0 aliphatic carbocycles. The van der Waals surface area contributed by atoms with E-state index < -0.39 is 0 Å². The Morgan fingerprint density at radius 3 is 2.71 bits per heavy atom. The number of nitrogens with one attached hydrogen (secondary N) is 1. The van der Waals surface area contributed by atoms with Crippen LogP contribution < -0.4 is 0 Å². The molecule has 7 heteroatoms. The molecule has 0 unspecified atom stereocenters. The lowest BCUT2D eigenvalue weighted by atomic mass is 10.0. The molecule has 0 saturated carbocycles. The third-order valence-electron chi connectivity index (χ3n) is 4.49. The fourth-order valence-electron chi connectivity index (χ4n) is 3.28. The van der Waals surface area contributed by atoms with Gasteiger partial charge in [0.15, 0.2) is 5.69 Å². The molecule has 0 saturated heterocycles. The highest BCUT2D eigenvalue weighted by atomic mass is 16.2.